The molecular formula is C12H20N2O. The van der Waals surface area contributed by atoms with E-state index in [0.29, 0.717) is 6.04 Å². The van der Waals surface area contributed by atoms with Crippen molar-refractivity contribution < 1.29 is 5.11 Å². The molecule has 0 spiro atoms. The Balaban J connectivity index is 1.84. The highest BCUT2D eigenvalue weighted by molar-refractivity contribution is 4.97. The molecule has 3 rings (SSSR count). The van der Waals surface area contributed by atoms with Crippen molar-refractivity contribution in [1.82, 2.24) is 9.80 Å². The summed E-state index contributed by atoms with van der Waals surface area (Å²) in [4.78, 5) is 4.89. The zero-order valence-electron chi connectivity index (χ0n) is 9.45. The first-order valence-corrected chi connectivity index (χ1v) is 5.85. The van der Waals surface area contributed by atoms with E-state index in [9.17, 15) is 5.11 Å². The number of aliphatic hydroxyl groups is 1. The fourth-order valence-electron chi connectivity index (χ4n) is 2.56. The molecule has 0 aromatic carbocycles. The van der Waals surface area contributed by atoms with Crippen LogP contribution in [0.1, 0.15) is 19.8 Å². The maximum Gasteiger partial charge on any atom is 0.0716 e. The van der Waals surface area contributed by atoms with Crippen molar-refractivity contribution >= 4 is 0 Å². The van der Waals surface area contributed by atoms with Gasteiger partial charge >= 0.3 is 0 Å². The molecule has 1 N–H and O–H groups in total. The number of hydrogen-bond donors (Lipinski definition) is 1. The Kier molecular flexibility index (Phi) is 3.63. The number of rotatable bonds is 3. The molecule has 3 aliphatic rings. The Morgan fingerprint density at radius 3 is 2.60 bits per heavy atom. The predicted octanol–water partition coefficient (Wildman–Crippen LogP) is 0.151. The van der Waals surface area contributed by atoms with Crippen LogP contribution in [0.5, 0.6) is 0 Å². The molecule has 0 radical (unpaired) electrons. The lowest BCUT2D eigenvalue weighted by Gasteiger charge is -2.49. The van der Waals surface area contributed by atoms with Crippen molar-refractivity contribution in [2.75, 3.05) is 32.7 Å². The molecular weight excluding hydrogens is 188 g/mol. The Morgan fingerprint density at radius 2 is 2.07 bits per heavy atom. The van der Waals surface area contributed by atoms with E-state index < -0.39 is 0 Å². The monoisotopic (exact) mass is 208 g/mol. The summed E-state index contributed by atoms with van der Waals surface area (Å²) >= 11 is 0. The lowest BCUT2D eigenvalue weighted by molar-refractivity contribution is -0.0475. The van der Waals surface area contributed by atoms with Crippen LogP contribution in [-0.4, -0.2) is 59.8 Å². The lowest BCUT2D eigenvalue weighted by Crippen LogP contribution is -2.64. The van der Waals surface area contributed by atoms with Crippen LogP contribution < -0.4 is 0 Å². The van der Waals surface area contributed by atoms with Gasteiger partial charge in [0, 0.05) is 45.2 Å². The molecule has 0 aromatic heterocycles. The van der Waals surface area contributed by atoms with Gasteiger partial charge in [0.25, 0.3) is 0 Å². The van der Waals surface area contributed by atoms with E-state index in [-0.39, 0.29) is 6.10 Å². The third-order valence-electron chi connectivity index (χ3n) is 3.51. The van der Waals surface area contributed by atoms with Crippen molar-refractivity contribution in [3.05, 3.63) is 0 Å². The summed E-state index contributed by atoms with van der Waals surface area (Å²) < 4.78 is 0. The summed E-state index contributed by atoms with van der Waals surface area (Å²) in [6.07, 6.45) is 1.44. The van der Waals surface area contributed by atoms with E-state index >= 15 is 0 Å². The molecule has 84 valence electrons. The van der Waals surface area contributed by atoms with E-state index in [1.807, 2.05) is 6.92 Å². The molecule has 2 atom stereocenters. The van der Waals surface area contributed by atoms with Crippen molar-refractivity contribution in [2.45, 2.75) is 31.9 Å². The molecule has 0 amide bonds. The van der Waals surface area contributed by atoms with Gasteiger partial charge in [-0.1, -0.05) is 0 Å². The minimum absolute atomic E-state index is 0.200. The highest BCUT2D eigenvalue weighted by Gasteiger charge is 2.35. The minimum Gasteiger partial charge on any atom is -0.391 e. The van der Waals surface area contributed by atoms with Gasteiger partial charge in [-0.05, 0) is 13.3 Å². The zero-order chi connectivity index (χ0) is 10.7. The Labute approximate surface area is 92.1 Å². The zero-order valence-corrected chi connectivity index (χ0v) is 9.45. The van der Waals surface area contributed by atoms with E-state index in [2.05, 4.69) is 21.6 Å². The molecule has 15 heavy (non-hydrogen) atoms. The van der Waals surface area contributed by atoms with Crippen LogP contribution in [-0.2, 0) is 0 Å². The molecule has 2 unspecified atom stereocenters. The molecule has 3 nitrogen and oxygen atoms in total. The largest absolute Gasteiger partial charge is 0.391 e. The second-order valence-corrected chi connectivity index (χ2v) is 4.44. The first-order valence-electron chi connectivity index (χ1n) is 5.85. The van der Waals surface area contributed by atoms with Crippen LogP contribution in [0, 0.1) is 11.8 Å². The van der Waals surface area contributed by atoms with Gasteiger partial charge in [-0.15, -0.1) is 11.8 Å². The Hall–Kier alpha value is -0.560. The molecule has 3 fully saturated rings. The minimum atomic E-state index is -0.200. The predicted molar refractivity (Wildman–Crippen MR) is 60.5 cm³/mol. The fourth-order valence-corrected chi connectivity index (χ4v) is 2.56. The smallest absolute Gasteiger partial charge is 0.0716 e. The highest BCUT2D eigenvalue weighted by atomic mass is 16.3. The van der Waals surface area contributed by atoms with E-state index in [1.54, 1.807) is 0 Å². The molecule has 3 saturated heterocycles. The van der Waals surface area contributed by atoms with E-state index in [4.69, 9.17) is 0 Å². The number of piperazine rings is 3. The van der Waals surface area contributed by atoms with Crippen LogP contribution in [0.2, 0.25) is 0 Å². The lowest BCUT2D eigenvalue weighted by atomic mass is 9.99. The topological polar surface area (TPSA) is 26.7 Å². The van der Waals surface area contributed by atoms with Crippen LogP contribution in [0.4, 0.5) is 0 Å². The summed E-state index contributed by atoms with van der Waals surface area (Å²) in [6, 6.07) is 0.353. The summed E-state index contributed by atoms with van der Waals surface area (Å²) in [6.45, 7) is 7.50. The van der Waals surface area contributed by atoms with Crippen LogP contribution >= 0.6 is 0 Å². The molecule has 3 heterocycles. The molecule has 0 saturated carbocycles. The molecule has 3 heteroatoms. The quantitative estimate of drug-likeness (QED) is 0.669. The maximum atomic E-state index is 10.1. The third kappa shape index (κ3) is 2.52. The standard InChI is InChI=1S/C12H20N2O/c1-2-3-4-5-12(15)11-10-13-6-8-14(11)9-7-13/h11-12,15H,4-10H2,1H3. The second-order valence-electron chi connectivity index (χ2n) is 4.44. The first kappa shape index (κ1) is 10.9. The molecule has 0 aromatic rings. The SMILES string of the molecule is CC#CCCC(O)C1CN2CCN1CC2. The summed E-state index contributed by atoms with van der Waals surface area (Å²) in [5.74, 6) is 5.90. The van der Waals surface area contributed by atoms with Gasteiger partial charge in [0.2, 0.25) is 0 Å². The van der Waals surface area contributed by atoms with Gasteiger partial charge in [0.15, 0.2) is 0 Å². The first-order chi connectivity index (χ1) is 7.31. The Morgan fingerprint density at radius 1 is 1.33 bits per heavy atom. The summed E-state index contributed by atoms with van der Waals surface area (Å²) in [5, 5.41) is 10.1. The van der Waals surface area contributed by atoms with Gasteiger partial charge in [0.1, 0.15) is 0 Å². The summed E-state index contributed by atoms with van der Waals surface area (Å²) in [5.41, 5.74) is 0. The third-order valence-corrected chi connectivity index (χ3v) is 3.51. The fraction of sp³-hybridized carbons (Fsp3) is 0.833. The average Bonchev–Trinajstić information content (AvgIpc) is 2.30. The van der Waals surface area contributed by atoms with E-state index in [0.717, 1.165) is 32.5 Å². The van der Waals surface area contributed by atoms with Gasteiger partial charge in [-0.3, -0.25) is 9.80 Å². The van der Waals surface area contributed by atoms with Gasteiger partial charge in [0.05, 0.1) is 6.10 Å². The number of hydrogen-bond acceptors (Lipinski definition) is 3. The van der Waals surface area contributed by atoms with E-state index in [1.165, 1.54) is 13.1 Å². The van der Waals surface area contributed by atoms with Gasteiger partial charge < -0.3 is 5.11 Å². The second kappa shape index (κ2) is 4.98. The molecule has 2 bridgehead atoms. The van der Waals surface area contributed by atoms with Crippen molar-refractivity contribution in [1.29, 1.82) is 0 Å². The number of nitrogens with zero attached hydrogens (tertiary/aromatic N) is 2. The summed E-state index contributed by atoms with van der Waals surface area (Å²) in [7, 11) is 0. The van der Waals surface area contributed by atoms with Gasteiger partial charge in [-0.2, -0.15) is 0 Å². The van der Waals surface area contributed by atoms with Crippen LogP contribution in [0.25, 0.3) is 0 Å². The van der Waals surface area contributed by atoms with Crippen molar-refractivity contribution in [2.24, 2.45) is 0 Å². The number of aliphatic hydroxyl groups excluding tert-OH is 1. The Bertz CT molecular complexity index is 261. The number of fused-ring (bicyclic) bond motifs is 3. The van der Waals surface area contributed by atoms with Crippen molar-refractivity contribution in [3.63, 3.8) is 0 Å². The van der Waals surface area contributed by atoms with Gasteiger partial charge in [-0.25, -0.2) is 0 Å². The maximum absolute atomic E-state index is 10.1. The molecule has 0 aliphatic carbocycles. The molecule has 3 aliphatic heterocycles. The van der Waals surface area contributed by atoms with Crippen LogP contribution in [0.15, 0.2) is 0 Å². The van der Waals surface area contributed by atoms with Crippen LogP contribution in [0.3, 0.4) is 0 Å². The van der Waals surface area contributed by atoms with Crippen molar-refractivity contribution in [3.8, 4) is 11.8 Å². The highest BCUT2D eigenvalue weighted by Crippen LogP contribution is 2.20. The average molecular weight is 208 g/mol. The normalized spacial score (nSPS) is 35.7.